The number of rotatable bonds is 5. The molecule has 0 spiro atoms. The molecule has 1 aliphatic heterocycles. The molecule has 2 fully saturated rings. The smallest absolute Gasteiger partial charge is 0.265 e. The predicted molar refractivity (Wildman–Crippen MR) is 99.8 cm³/mol. The van der Waals surface area contributed by atoms with Crippen molar-refractivity contribution in [3.63, 3.8) is 0 Å². The van der Waals surface area contributed by atoms with Crippen molar-refractivity contribution in [2.75, 3.05) is 38.5 Å². The van der Waals surface area contributed by atoms with E-state index < -0.39 is 0 Å². The number of anilines is 1. The van der Waals surface area contributed by atoms with Crippen LogP contribution in [-0.2, 0) is 0 Å². The van der Waals surface area contributed by atoms with E-state index in [-0.39, 0.29) is 5.91 Å². The summed E-state index contributed by atoms with van der Waals surface area (Å²) in [4.78, 5) is 23.0. The first kappa shape index (κ1) is 17.7. The monoisotopic (exact) mass is 350 g/mol. The van der Waals surface area contributed by atoms with Crippen LogP contribution in [0.4, 0.5) is 5.13 Å². The molecule has 0 bridgehead atoms. The summed E-state index contributed by atoms with van der Waals surface area (Å²) in [5, 5.41) is 3.87. The highest BCUT2D eigenvalue weighted by molar-refractivity contribution is 7.17. The van der Waals surface area contributed by atoms with Gasteiger partial charge < -0.3 is 10.2 Å². The van der Waals surface area contributed by atoms with Gasteiger partial charge >= 0.3 is 0 Å². The van der Waals surface area contributed by atoms with Crippen LogP contribution in [-0.4, -0.2) is 60.0 Å². The maximum absolute atomic E-state index is 13.1. The molecule has 3 rings (SSSR count). The number of nitrogens with one attached hydrogen (secondary N) is 1. The molecule has 1 saturated carbocycles. The number of hydrogen-bond donors (Lipinski definition) is 1. The van der Waals surface area contributed by atoms with E-state index in [2.05, 4.69) is 33.9 Å². The molecular formula is C18H30N4OS. The number of aryl methyl sites for hydroxylation is 1. The molecule has 2 aliphatic rings. The molecule has 1 saturated heterocycles. The second kappa shape index (κ2) is 7.40. The van der Waals surface area contributed by atoms with Gasteiger partial charge in [0.1, 0.15) is 4.88 Å². The van der Waals surface area contributed by atoms with Crippen molar-refractivity contribution >= 4 is 22.4 Å². The highest BCUT2D eigenvalue weighted by Gasteiger charge is 2.34. The molecular weight excluding hydrogens is 320 g/mol. The van der Waals surface area contributed by atoms with Gasteiger partial charge in [0.25, 0.3) is 5.91 Å². The van der Waals surface area contributed by atoms with Gasteiger partial charge in [-0.2, -0.15) is 0 Å². The first-order valence-corrected chi connectivity index (χ1v) is 9.99. The topological polar surface area (TPSA) is 48.5 Å². The molecule has 5 nitrogen and oxygen atoms in total. The van der Waals surface area contributed by atoms with Gasteiger partial charge in [-0.1, -0.05) is 25.2 Å². The number of hydrogen-bond acceptors (Lipinski definition) is 5. The SMILES string of the molecule is CNc1nc(C)c(C(=O)N2CCCN(CC3CC3)[C@@H](C(C)C)C2)s1. The molecule has 1 amide bonds. The standard InChI is InChI=1S/C18H30N4OS/c1-12(2)15-11-22(9-5-8-21(15)10-14-6-7-14)17(23)16-13(3)20-18(19-4)24-16/h12,14-15H,5-11H2,1-4H3,(H,19,20)/t15-/m1/s1. The Hall–Kier alpha value is -1.14. The van der Waals surface area contributed by atoms with Gasteiger partial charge in [0.05, 0.1) is 5.69 Å². The average molecular weight is 351 g/mol. The van der Waals surface area contributed by atoms with Gasteiger partial charge in [-0.05, 0) is 38.0 Å². The fourth-order valence-electron chi connectivity index (χ4n) is 3.58. The van der Waals surface area contributed by atoms with E-state index in [9.17, 15) is 4.79 Å². The highest BCUT2D eigenvalue weighted by atomic mass is 32.1. The van der Waals surface area contributed by atoms with Crippen molar-refractivity contribution in [1.82, 2.24) is 14.8 Å². The van der Waals surface area contributed by atoms with Crippen LogP contribution in [0.15, 0.2) is 0 Å². The second-order valence-corrected chi connectivity index (χ2v) is 8.54. The molecule has 0 unspecified atom stereocenters. The minimum Gasteiger partial charge on any atom is -0.365 e. The first-order valence-electron chi connectivity index (χ1n) is 9.18. The predicted octanol–water partition coefficient (Wildman–Crippen LogP) is 3.08. The quantitative estimate of drug-likeness (QED) is 0.887. The van der Waals surface area contributed by atoms with E-state index in [1.807, 2.05) is 14.0 Å². The lowest BCUT2D eigenvalue weighted by molar-refractivity contribution is 0.0708. The lowest BCUT2D eigenvalue weighted by atomic mass is 10.0. The third-order valence-corrected chi connectivity index (χ3v) is 6.36. The zero-order chi connectivity index (χ0) is 17.3. The summed E-state index contributed by atoms with van der Waals surface area (Å²) < 4.78 is 0. The Kier molecular flexibility index (Phi) is 5.45. The van der Waals surface area contributed by atoms with Crippen LogP contribution < -0.4 is 5.32 Å². The molecule has 1 aromatic heterocycles. The van der Waals surface area contributed by atoms with Crippen molar-refractivity contribution in [3.05, 3.63) is 10.6 Å². The zero-order valence-corrected chi connectivity index (χ0v) is 16.2. The maximum Gasteiger partial charge on any atom is 0.265 e. The summed E-state index contributed by atoms with van der Waals surface area (Å²) in [5.74, 6) is 1.62. The Balaban J connectivity index is 1.74. The molecule has 1 N–H and O–H groups in total. The lowest BCUT2D eigenvalue weighted by Crippen LogP contribution is -2.46. The minimum absolute atomic E-state index is 0.158. The summed E-state index contributed by atoms with van der Waals surface area (Å²) >= 11 is 1.47. The Labute approximate surface area is 149 Å². The summed E-state index contributed by atoms with van der Waals surface area (Å²) in [6, 6.07) is 0.467. The Morgan fingerprint density at radius 2 is 2.12 bits per heavy atom. The fraction of sp³-hybridized carbons (Fsp3) is 0.778. The van der Waals surface area contributed by atoms with E-state index in [4.69, 9.17) is 0 Å². The van der Waals surface area contributed by atoms with Gasteiger partial charge in [0, 0.05) is 39.3 Å². The van der Waals surface area contributed by atoms with Crippen LogP contribution >= 0.6 is 11.3 Å². The van der Waals surface area contributed by atoms with Gasteiger partial charge in [0.15, 0.2) is 5.13 Å². The van der Waals surface area contributed by atoms with E-state index >= 15 is 0 Å². The van der Waals surface area contributed by atoms with E-state index in [1.165, 1.54) is 30.7 Å². The minimum atomic E-state index is 0.158. The zero-order valence-electron chi connectivity index (χ0n) is 15.3. The molecule has 0 radical (unpaired) electrons. The number of amides is 1. The summed E-state index contributed by atoms with van der Waals surface area (Å²) in [6.07, 6.45) is 3.84. The number of thiazole rings is 1. The number of carbonyl (C=O) groups excluding carboxylic acids is 1. The summed E-state index contributed by atoms with van der Waals surface area (Å²) in [7, 11) is 1.85. The molecule has 1 aromatic rings. The Morgan fingerprint density at radius 1 is 1.38 bits per heavy atom. The summed E-state index contributed by atoms with van der Waals surface area (Å²) in [5.41, 5.74) is 0.842. The van der Waals surface area contributed by atoms with E-state index in [0.29, 0.717) is 12.0 Å². The highest BCUT2D eigenvalue weighted by Crippen LogP contribution is 2.32. The average Bonchev–Trinajstić information content (AvgIpc) is 3.32. The molecule has 24 heavy (non-hydrogen) atoms. The van der Waals surface area contributed by atoms with Crippen molar-refractivity contribution < 1.29 is 4.79 Å². The Morgan fingerprint density at radius 3 is 2.71 bits per heavy atom. The lowest BCUT2D eigenvalue weighted by Gasteiger charge is -2.34. The normalized spacial score (nSPS) is 22.7. The van der Waals surface area contributed by atoms with Crippen molar-refractivity contribution in [2.45, 2.75) is 46.1 Å². The molecule has 0 aromatic carbocycles. The van der Waals surface area contributed by atoms with Gasteiger partial charge in [-0.25, -0.2) is 4.98 Å². The van der Waals surface area contributed by atoms with Crippen molar-refractivity contribution in [2.24, 2.45) is 11.8 Å². The Bertz CT molecular complexity index is 582. The maximum atomic E-state index is 13.1. The molecule has 1 aliphatic carbocycles. The first-order chi connectivity index (χ1) is 11.5. The van der Waals surface area contributed by atoms with Crippen LogP contribution in [0.2, 0.25) is 0 Å². The van der Waals surface area contributed by atoms with Crippen LogP contribution in [0, 0.1) is 18.8 Å². The largest absolute Gasteiger partial charge is 0.365 e. The van der Waals surface area contributed by atoms with E-state index in [1.54, 1.807) is 0 Å². The number of nitrogens with zero attached hydrogens (tertiary/aromatic N) is 3. The molecule has 134 valence electrons. The molecule has 6 heteroatoms. The van der Waals surface area contributed by atoms with Crippen molar-refractivity contribution in [3.8, 4) is 0 Å². The third kappa shape index (κ3) is 3.91. The van der Waals surface area contributed by atoms with Gasteiger partial charge in [-0.3, -0.25) is 9.69 Å². The van der Waals surface area contributed by atoms with Gasteiger partial charge in [0.2, 0.25) is 0 Å². The molecule has 1 atom stereocenters. The summed E-state index contributed by atoms with van der Waals surface area (Å²) in [6.45, 7) is 10.5. The van der Waals surface area contributed by atoms with Crippen LogP contribution in [0.5, 0.6) is 0 Å². The van der Waals surface area contributed by atoms with Gasteiger partial charge in [-0.15, -0.1) is 0 Å². The van der Waals surface area contributed by atoms with E-state index in [0.717, 1.165) is 47.7 Å². The number of carbonyl (C=O) groups is 1. The van der Waals surface area contributed by atoms with Crippen LogP contribution in [0.3, 0.4) is 0 Å². The van der Waals surface area contributed by atoms with Crippen molar-refractivity contribution in [1.29, 1.82) is 0 Å². The van der Waals surface area contributed by atoms with Crippen LogP contribution in [0.1, 0.15) is 48.5 Å². The van der Waals surface area contributed by atoms with Crippen LogP contribution in [0.25, 0.3) is 0 Å². The molecule has 2 heterocycles. The third-order valence-electron chi connectivity index (χ3n) is 5.20. The fourth-order valence-corrected chi connectivity index (χ4v) is 4.47. The second-order valence-electron chi connectivity index (χ2n) is 7.54. The number of aromatic nitrogens is 1.